The number of benzene rings is 1. The molecule has 0 amide bonds. The number of rotatable bonds is 5. The van der Waals surface area contributed by atoms with E-state index < -0.39 is 0 Å². The summed E-state index contributed by atoms with van der Waals surface area (Å²) in [7, 11) is 1.58. The van der Waals surface area contributed by atoms with Crippen LogP contribution in [0, 0.1) is 0 Å². The van der Waals surface area contributed by atoms with Gasteiger partial charge in [-0.1, -0.05) is 0 Å². The zero-order valence-electron chi connectivity index (χ0n) is 11.3. The number of aromatic nitrogens is 1. The van der Waals surface area contributed by atoms with Gasteiger partial charge >= 0.3 is 5.97 Å². The average Bonchev–Trinajstić information content (AvgIpc) is 2.48. The molecule has 20 heavy (non-hydrogen) atoms. The number of carbonyl (C=O) groups excluding carboxylic acids is 1. The topological polar surface area (TPSA) is 57.7 Å². The number of ether oxygens (including phenoxy) is 3. The third-order valence-corrected chi connectivity index (χ3v) is 2.53. The Hall–Kier alpha value is -2.56. The maximum Gasteiger partial charge on any atom is 0.338 e. The Labute approximate surface area is 117 Å². The smallest absolute Gasteiger partial charge is 0.338 e. The van der Waals surface area contributed by atoms with Gasteiger partial charge < -0.3 is 14.2 Å². The molecule has 5 heteroatoms. The van der Waals surface area contributed by atoms with Crippen molar-refractivity contribution in [1.29, 1.82) is 0 Å². The zero-order valence-corrected chi connectivity index (χ0v) is 11.3. The maximum atomic E-state index is 11.5. The van der Waals surface area contributed by atoms with E-state index in [1.54, 1.807) is 56.6 Å². The molecular weight excluding hydrogens is 258 g/mol. The third-order valence-electron chi connectivity index (χ3n) is 2.53. The minimum absolute atomic E-state index is 0.349. The molecule has 5 nitrogen and oxygen atoms in total. The van der Waals surface area contributed by atoms with Crippen LogP contribution in [0.2, 0.25) is 0 Å². The molecule has 0 bridgehead atoms. The van der Waals surface area contributed by atoms with Gasteiger partial charge in [-0.2, -0.15) is 0 Å². The molecule has 0 saturated heterocycles. The SMILES string of the molecule is CCOC(=O)c1ccc(Oc2cc(OC)ccn2)cc1. The lowest BCUT2D eigenvalue weighted by molar-refractivity contribution is 0.0526. The Kier molecular flexibility index (Phi) is 4.55. The van der Waals surface area contributed by atoms with Crippen molar-refractivity contribution >= 4 is 5.97 Å². The summed E-state index contributed by atoms with van der Waals surface area (Å²) >= 11 is 0. The molecule has 0 aliphatic carbocycles. The number of carbonyl (C=O) groups is 1. The van der Waals surface area contributed by atoms with Gasteiger partial charge in [0.25, 0.3) is 0 Å². The van der Waals surface area contributed by atoms with Gasteiger partial charge in [-0.25, -0.2) is 9.78 Å². The summed E-state index contributed by atoms with van der Waals surface area (Å²) in [5.41, 5.74) is 0.484. The second-order valence-corrected chi connectivity index (χ2v) is 3.88. The molecule has 0 radical (unpaired) electrons. The average molecular weight is 273 g/mol. The molecular formula is C15H15NO4. The molecule has 0 spiro atoms. The van der Waals surface area contributed by atoms with Crippen LogP contribution in [0.5, 0.6) is 17.4 Å². The fourth-order valence-electron chi connectivity index (χ4n) is 1.57. The molecule has 1 aromatic carbocycles. The van der Waals surface area contributed by atoms with Crippen LogP contribution in [-0.4, -0.2) is 24.7 Å². The van der Waals surface area contributed by atoms with Crippen molar-refractivity contribution in [3.05, 3.63) is 48.2 Å². The van der Waals surface area contributed by atoms with E-state index in [0.29, 0.717) is 29.5 Å². The highest BCUT2D eigenvalue weighted by atomic mass is 16.5. The first kappa shape index (κ1) is 13.9. The van der Waals surface area contributed by atoms with E-state index in [2.05, 4.69) is 4.98 Å². The Morgan fingerprint density at radius 2 is 1.90 bits per heavy atom. The van der Waals surface area contributed by atoms with Gasteiger partial charge in [0.15, 0.2) is 0 Å². The van der Waals surface area contributed by atoms with Crippen LogP contribution in [0.1, 0.15) is 17.3 Å². The van der Waals surface area contributed by atoms with Gasteiger partial charge in [-0.15, -0.1) is 0 Å². The molecule has 104 valence electrons. The summed E-state index contributed by atoms with van der Waals surface area (Å²) in [6.45, 7) is 2.12. The van der Waals surface area contributed by atoms with E-state index in [9.17, 15) is 4.79 Å². The van der Waals surface area contributed by atoms with Crippen LogP contribution >= 0.6 is 0 Å². The van der Waals surface area contributed by atoms with Crippen molar-refractivity contribution in [3.63, 3.8) is 0 Å². The Bertz CT molecular complexity index is 581. The number of hydrogen-bond acceptors (Lipinski definition) is 5. The molecule has 0 aliphatic heterocycles. The number of methoxy groups -OCH3 is 1. The lowest BCUT2D eigenvalue weighted by Crippen LogP contribution is -2.04. The Morgan fingerprint density at radius 1 is 1.15 bits per heavy atom. The van der Waals surface area contributed by atoms with E-state index in [1.165, 1.54) is 0 Å². The number of hydrogen-bond donors (Lipinski definition) is 0. The predicted molar refractivity (Wildman–Crippen MR) is 73.3 cm³/mol. The lowest BCUT2D eigenvalue weighted by atomic mass is 10.2. The molecule has 2 rings (SSSR count). The molecule has 1 heterocycles. The van der Waals surface area contributed by atoms with Crippen molar-refractivity contribution in [3.8, 4) is 17.4 Å². The summed E-state index contributed by atoms with van der Waals surface area (Å²) in [5.74, 6) is 1.32. The fourth-order valence-corrected chi connectivity index (χ4v) is 1.57. The summed E-state index contributed by atoms with van der Waals surface area (Å²) in [4.78, 5) is 15.6. The van der Waals surface area contributed by atoms with Crippen molar-refractivity contribution in [1.82, 2.24) is 4.98 Å². The number of pyridine rings is 1. The second-order valence-electron chi connectivity index (χ2n) is 3.88. The van der Waals surface area contributed by atoms with Crippen LogP contribution in [0.25, 0.3) is 0 Å². The van der Waals surface area contributed by atoms with Gasteiger partial charge in [0.2, 0.25) is 5.88 Å². The van der Waals surface area contributed by atoms with Gasteiger partial charge in [-0.3, -0.25) is 0 Å². The minimum Gasteiger partial charge on any atom is -0.497 e. The van der Waals surface area contributed by atoms with Crippen LogP contribution in [-0.2, 0) is 4.74 Å². The van der Waals surface area contributed by atoms with Crippen molar-refractivity contribution < 1.29 is 19.0 Å². The molecule has 0 N–H and O–H groups in total. The van der Waals surface area contributed by atoms with Gasteiger partial charge in [0.05, 0.1) is 19.3 Å². The van der Waals surface area contributed by atoms with Crippen LogP contribution in [0.3, 0.4) is 0 Å². The zero-order chi connectivity index (χ0) is 14.4. The molecule has 0 aliphatic rings. The number of nitrogens with zero attached hydrogens (tertiary/aromatic N) is 1. The largest absolute Gasteiger partial charge is 0.497 e. The van der Waals surface area contributed by atoms with Gasteiger partial charge in [-0.05, 0) is 37.3 Å². The monoisotopic (exact) mass is 273 g/mol. The molecule has 2 aromatic rings. The fraction of sp³-hybridized carbons (Fsp3) is 0.200. The molecule has 0 saturated carbocycles. The summed E-state index contributed by atoms with van der Waals surface area (Å²) in [5, 5.41) is 0. The predicted octanol–water partition coefficient (Wildman–Crippen LogP) is 3.06. The molecule has 0 atom stereocenters. The van der Waals surface area contributed by atoms with E-state index >= 15 is 0 Å². The lowest BCUT2D eigenvalue weighted by Gasteiger charge is -2.07. The van der Waals surface area contributed by atoms with E-state index in [1.807, 2.05) is 0 Å². The first-order chi connectivity index (χ1) is 9.72. The first-order valence-electron chi connectivity index (χ1n) is 6.18. The highest BCUT2D eigenvalue weighted by Crippen LogP contribution is 2.23. The highest BCUT2D eigenvalue weighted by molar-refractivity contribution is 5.89. The van der Waals surface area contributed by atoms with E-state index in [4.69, 9.17) is 14.2 Å². The van der Waals surface area contributed by atoms with Crippen molar-refractivity contribution in [2.45, 2.75) is 6.92 Å². The molecule has 1 aromatic heterocycles. The van der Waals surface area contributed by atoms with Gasteiger partial charge in [0.1, 0.15) is 11.5 Å². The third kappa shape index (κ3) is 3.47. The number of esters is 1. The quantitative estimate of drug-likeness (QED) is 0.784. The second kappa shape index (κ2) is 6.56. The minimum atomic E-state index is -0.349. The van der Waals surface area contributed by atoms with E-state index in [-0.39, 0.29) is 5.97 Å². The highest BCUT2D eigenvalue weighted by Gasteiger charge is 2.06. The molecule has 0 fully saturated rings. The van der Waals surface area contributed by atoms with Crippen LogP contribution in [0.15, 0.2) is 42.6 Å². The standard InChI is InChI=1S/C15H15NO4/c1-3-19-15(17)11-4-6-12(7-5-11)20-14-10-13(18-2)8-9-16-14/h4-10H,3H2,1-2H3. The van der Waals surface area contributed by atoms with Crippen LogP contribution < -0.4 is 9.47 Å². The molecule has 0 unspecified atom stereocenters. The van der Waals surface area contributed by atoms with Crippen LogP contribution in [0.4, 0.5) is 0 Å². The van der Waals surface area contributed by atoms with Gasteiger partial charge in [0, 0.05) is 12.3 Å². The Balaban J connectivity index is 2.08. The van der Waals surface area contributed by atoms with Crippen molar-refractivity contribution in [2.75, 3.05) is 13.7 Å². The first-order valence-corrected chi connectivity index (χ1v) is 6.18. The van der Waals surface area contributed by atoms with Crippen molar-refractivity contribution in [2.24, 2.45) is 0 Å². The summed E-state index contributed by atoms with van der Waals surface area (Å²) in [6.07, 6.45) is 1.60. The maximum absolute atomic E-state index is 11.5. The normalized spacial score (nSPS) is 9.90. The van der Waals surface area contributed by atoms with E-state index in [0.717, 1.165) is 0 Å². The summed E-state index contributed by atoms with van der Waals surface area (Å²) in [6, 6.07) is 10.1. The Morgan fingerprint density at radius 3 is 2.55 bits per heavy atom. The summed E-state index contributed by atoms with van der Waals surface area (Å²) < 4.78 is 15.6.